The number of nitrogens with zero attached hydrogens (tertiary/aromatic N) is 6. The Kier molecular flexibility index (Phi) is 4.44. The van der Waals surface area contributed by atoms with E-state index in [-0.39, 0.29) is 0 Å². The van der Waals surface area contributed by atoms with Crippen LogP contribution >= 0.6 is 0 Å². The van der Waals surface area contributed by atoms with Gasteiger partial charge in [-0.05, 0) is 19.9 Å². The molecule has 3 aromatic heterocycles. The van der Waals surface area contributed by atoms with E-state index >= 15 is 0 Å². The Balaban J connectivity index is 1.93. The minimum atomic E-state index is -0.481. The Morgan fingerprint density at radius 2 is 2.15 bits per heavy atom. The molecule has 1 N–H and O–H groups in total. The number of aryl methyl sites for hydroxylation is 1. The molecule has 8 nitrogen and oxygen atoms in total. The maximum atomic E-state index is 13.8. The quantitative estimate of drug-likeness (QED) is 0.710. The van der Waals surface area contributed by atoms with Gasteiger partial charge in [0.1, 0.15) is 17.0 Å². The first-order chi connectivity index (χ1) is 13.0. The molecule has 4 heterocycles. The molecule has 140 valence electrons. The second-order valence-electron chi connectivity index (χ2n) is 6.31. The molecular formula is C18H20FN7O. The molecule has 0 spiro atoms. The molecule has 0 aliphatic carbocycles. The highest BCUT2D eigenvalue weighted by molar-refractivity contribution is 5.55. The molecule has 0 saturated heterocycles. The van der Waals surface area contributed by atoms with Crippen molar-refractivity contribution < 1.29 is 9.13 Å². The standard InChI is InChI=1S/C18H20FN7O/c1-4-27-18-22-11(2)15-17(24-18)26(10-12-6-21-25(3)9-12)16(23-15)13-5-14(19)8-20-7-13/h5-9,18,22H,4,10H2,1-3H3. The summed E-state index contributed by atoms with van der Waals surface area (Å²) < 4.78 is 23.1. The van der Waals surface area contributed by atoms with Crippen LogP contribution in [0.1, 0.15) is 19.4 Å². The van der Waals surface area contributed by atoms with E-state index in [9.17, 15) is 4.39 Å². The Morgan fingerprint density at radius 1 is 1.30 bits per heavy atom. The second-order valence-corrected chi connectivity index (χ2v) is 6.31. The zero-order valence-corrected chi connectivity index (χ0v) is 15.3. The van der Waals surface area contributed by atoms with E-state index in [0.29, 0.717) is 35.4 Å². The monoisotopic (exact) mass is 369 g/mol. The number of ether oxygens (including phenoxy) is 1. The number of pyridine rings is 1. The Bertz CT molecular complexity index is 1100. The number of hydrogen-bond donors (Lipinski definition) is 1. The molecule has 0 aromatic carbocycles. The number of hydrogen-bond acceptors (Lipinski definition) is 6. The van der Waals surface area contributed by atoms with Crippen LogP contribution in [0.3, 0.4) is 0 Å². The van der Waals surface area contributed by atoms with E-state index in [1.807, 2.05) is 31.7 Å². The normalized spacial score (nSPS) is 16.0. The third-order valence-electron chi connectivity index (χ3n) is 4.26. The van der Waals surface area contributed by atoms with Gasteiger partial charge in [0, 0.05) is 42.9 Å². The number of imidazole rings is 1. The molecule has 1 aliphatic heterocycles. The van der Waals surface area contributed by atoms with Crippen molar-refractivity contribution in [1.82, 2.24) is 29.6 Å². The molecule has 4 rings (SSSR count). The van der Waals surface area contributed by atoms with Crippen LogP contribution in [-0.2, 0) is 18.3 Å². The molecule has 9 heteroatoms. The Morgan fingerprint density at radius 3 is 2.85 bits per heavy atom. The fraction of sp³-hybridized carbons (Fsp3) is 0.333. The summed E-state index contributed by atoms with van der Waals surface area (Å²) in [7, 11) is 1.86. The molecule has 1 atom stereocenters. The lowest BCUT2D eigenvalue weighted by atomic mass is 10.2. The number of rotatable bonds is 5. The van der Waals surface area contributed by atoms with Gasteiger partial charge in [-0.2, -0.15) is 5.10 Å². The second kappa shape index (κ2) is 6.92. The minimum Gasteiger partial charge on any atom is -0.343 e. The third kappa shape index (κ3) is 3.33. The number of halogens is 1. The van der Waals surface area contributed by atoms with Gasteiger partial charge in [0.2, 0.25) is 6.35 Å². The van der Waals surface area contributed by atoms with Gasteiger partial charge in [0.15, 0.2) is 5.49 Å². The zero-order valence-electron chi connectivity index (χ0n) is 15.3. The number of aromatic nitrogens is 5. The van der Waals surface area contributed by atoms with Crippen molar-refractivity contribution in [2.24, 2.45) is 12.0 Å². The highest BCUT2D eigenvalue weighted by Crippen LogP contribution is 2.16. The topological polar surface area (TPSA) is 82.2 Å². The first-order valence-corrected chi connectivity index (χ1v) is 8.67. The van der Waals surface area contributed by atoms with Gasteiger partial charge in [0.25, 0.3) is 0 Å². The maximum Gasteiger partial charge on any atom is 0.227 e. The fourth-order valence-corrected chi connectivity index (χ4v) is 3.10. The van der Waals surface area contributed by atoms with Crippen molar-refractivity contribution in [1.29, 1.82) is 0 Å². The van der Waals surface area contributed by atoms with Gasteiger partial charge in [-0.3, -0.25) is 9.67 Å². The van der Waals surface area contributed by atoms with Crippen molar-refractivity contribution in [2.75, 3.05) is 6.61 Å². The van der Waals surface area contributed by atoms with E-state index < -0.39 is 12.2 Å². The largest absolute Gasteiger partial charge is 0.343 e. The maximum absolute atomic E-state index is 13.8. The molecule has 0 amide bonds. The van der Waals surface area contributed by atoms with Crippen LogP contribution in [0.15, 0.2) is 35.8 Å². The van der Waals surface area contributed by atoms with E-state index in [2.05, 4.69) is 20.4 Å². The molecule has 3 aromatic rings. The average molecular weight is 369 g/mol. The highest BCUT2D eigenvalue weighted by Gasteiger charge is 2.20. The lowest BCUT2D eigenvalue weighted by Crippen LogP contribution is -2.45. The molecule has 27 heavy (non-hydrogen) atoms. The summed E-state index contributed by atoms with van der Waals surface area (Å²) >= 11 is 0. The fourth-order valence-electron chi connectivity index (χ4n) is 3.10. The van der Waals surface area contributed by atoms with E-state index in [0.717, 1.165) is 11.3 Å². The number of nitrogens with one attached hydrogen (secondary N) is 1. The number of fused-ring (bicyclic) bond motifs is 1. The smallest absolute Gasteiger partial charge is 0.227 e. The molecular weight excluding hydrogens is 349 g/mol. The summed E-state index contributed by atoms with van der Waals surface area (Å²) in [6.07, 6.45) is 6.01. The SMILES string of the molecule is CCOC1N=c2c(nc(-c3cncc(F)c3)n2Cc2cnn(C)c2)=C(C)N1. The highest BCUT2D eigenvalue weighted by atomic mass is 19.1. The molecule has 1 unspecified atom stereocenters. The molecule has 0 bridgehead atoms. The molecule has 0 saturated carbocycles. The van der Waals surface area contributed by atoms with Crippen LogP contribution in [0.4, 0.5) is 4.39 Å². The van der Waals surface area contributed by atoms with Crippen molar-refractivity contribution >= 4 is 5.70 Å². The van der Waals surface area contributed by atoms with Gasteiger partial charge in [-0.15, -0.1) is 0 Å². The summed E-state index contributed by atoms with van der Waals surface area (Å²) in [5.74, 6) is 0.183. The van der Waals surface area contributed by atoms with Gasteiger partial charge < -0.3 is 14.6 Å². The summed E-state index contributed by atoms with van der Waals surface area (Å²) in [5.41, 5.74) is 3.12. The van der Waals surface area contributed by atoms with Crippen LogP contribution in [0, 0.1) is 5.82 Å². The summed E-state index contributed by atoms with van der Waals surface area (Å²) in [4.78, 5) is 13.3. The van der Waals surface area contributed by atoms with E-state index in [1.54, 1.807) is 17.1 Å². The van der Waals surface area contributed by atoms with Crippen LogP contribution in [0.5, 0.6) is 0 Å². The minimum absolute atomic E-state index is 0.413. The molecule has 0 radical (unpaired) electrons. The summed E-state index contributed by atoms with van der Waals surface area (Å²) in [6.45, 7) is 4.87. The first kappa shape index (κ1) is 17.3. The molecule has 0 fully saturated rings. The summed E-state index contributed by atoms with van der Waals surface area (Å²) in [5, 5.41) is 8.13. The van der Waals surface area contributed by atoms with E-state index in [1.165, 1.54) is 12.3 Å². The summed E-state index contributed by atoms with van der Waals surface area (Å²) in [6, 6.07) is 1.42. The van der Waals surface area contributed by atoms with Gasteiger partial charge >= 0.3 is 0 Å². The average Bonchev–Trinajstić information content (AvgIpc) is 3.20. The zero-order chi connectivity index (χ0) is 19.0. The van der Waals surface area contributed by atoms with Crippen LogP contribution in [0.25, 0.3) is 17.1 Å². The predicted molar refractivity (Wildman–Crippen MR) is 96.1 cm³/mol. The lowest BCUT2D eigenvalue weighted by Gasteiger charge is -2.18. The Labute approximate surface area is 155 Å². The predicted octanol–water partition coefficient (Wildman–Crippen LogP) is 0.537. The van der Waals surface area contributed by atoms with Crippen LogP contribution in [-0.4, -0.2) is 37.3 Å². The molecule has 1 aliphatic rings. The van der Waals surface area contributed by atoms with Gasteiger partial charge in [-0.25, -0.2) is 14.4 Å². The van der Waals surface area contributed by atoms with E-state index in [4.69, 9.17) is 9.72 Å². The Hall–Kier alpha value is -3.07. The van der Waals surface area contributed by atoms with Crippen molar-refractivity contribution in [3.63, 3.8) is 0 Å². The van der Waals surface area contributed by atoms with Crippen LogP contribution in [0.2, 0.25) is 0 Å². The van der Waals surface area contributed by atoms with Crippen molar-refractivity contribution in [3.8, 4) is 11.4 Å². The first-order valence-electron chi connectivity index (χ1n) is 8.67. The van der Waals surface area contributed by atoms with Crippen LogP contribution < -0.4 is 16.2 Å². The van der Waals surface area contributed by atoms with Crippen molar-refractivity contribution in [3.05, 3.63) is 53.1 Å². The van der Waals surface area contributed by atoms with Crippen molar-refractivity contribution in [2.45, 2.75) is 26.7 Å². The van der Waals surface area contributed by atoms with Gasteiger partial charge in [-0.1, -0.05) is 0 Å². The lowest BCUT2D eigenvalue weighted by molar-refractivity contribution is 0.0515. The third-order valence-corrected chi connectivity index (χ3v) is 4.26. The van der Waals surface area contributed by atoms with Gasteiger partial charge in [0.05, 0.1) is 18.9 Å².